The summed E-state index contributed by atoms with van der Waals surface area (Å²) in [5.74, 6) is 0.968. The Morgan fingerprint density at radius 1 is 1.30 bits per heavy atom. The van der Waals surface area contributed by atoms with Crippen LogP contribution in [0.5, 0.6) is 5.75 Å². The SMILES string of the molecule is N#Cc1cc(Br)ccc1NCC1Cc2ccccc2O1. The van der Waals surface area contributed by atoms with Crippen molar-refractivity contribution in [3.05, 3.63) is 58.1 Å². The number of ether oxygens (including phenoxy) is 1. The summed E-state index contributed by atoms with van der Waals surface area (Å²) in [4.78, 5) is 0. The zero-order valence-electron chi connectivity index (χ0n) is 10.8. The van der Waals surface area contributed by atoms with Crippen molar-refractivity contribution in [1.29, 1.82) is 5.26 Å². The highest BCUT2D eigenvalue weighted by atomic mass is 79.9. The molecule has 1 atom stereocenters. The molecule has 0 saturated carbocycles. The molecule has 0 fully saturated rings. The fourth-order valence-corrected chi connectivity index (χ4v) is 2.72. The van der Waals surface area contributed by atoms with Crippen LogP contribution in [0.4, 0.5) is 5.69 Å². The molecule has 0 spiro atoms. The van der Waals surface area contributed by atoms with E-state index in [2.05, 4.69) is 33.4 Å². The van der Waals surface area contributed by atoms with Gasteiger partial charge in [-0.15, -0.1) is 0 Å². The van der Waals surface area contributed by atoms with Gasteiger partial charge in [0.2, 0.25) is 0 Å². The average molecular weight is 329 g/mol. The molecule has 0 aromatic heterocycles. The summed E-state index contributed by atoms with van der Waals surface area (Å²) in [6.07, 6.45) is 1.02. The van der Waals surface area contributed by atoms with Crippen LogP contribution in [0.2, 0.25) is 0 Å². The van der Waals surface area contributed by atoms with E-state index in [1.807, 2.05) is 36.4 Å². The minimum Gasteiger partial charge on any atom is -0.488 e. The number of fused-ring (bicyclic) bond motifs is 1. The fraction of sp³-hybridized carbons (Fsp3) is 0.188. The Morgan fingerprint density at radius 2 is 2.15 bits per heavy atom. The Hall–Kier alpha value is -1.99. The minimum absolute atomic E-state index is 0.114. The molecule has 1 unspecified atom stereocenters. The second-order valence-electron chi connectivity index (χ2n) is 4.73. The summed E-state index contributed by atoms with van der Waals surface area (Å²) >= 11 is 3.37. The largest absolute Gasteiger partial charge is 0.488 e. The van der Waals surface area contributed by atoms with Gasteiger partial charge in [0.05, 0.1) is 17.8 Å². The first-order valence-electron chi connectivity index (χ1n) is 6.44. The van der Waals surface area contributed by atoms with Crippen LogP contribution in [-0.2, 0) is 6.42 Å². The summed E-state index contributed by atoms with van der Waals surface area (Å²) < 4.78 is 6.78. The maximum Gasteiger partial charge on any atom is 0.123 e. The number of nitrogens with one attached hydrogen (secondary N) is 1. The molecule has 100 valence electrons. The molecule has 1 aliphatic rings. The Morgan fingerprint density at radius 3 is 2.95 bits per heavy atom. The predicted molar refractivity (Wildman–Crippen MR) is 81.9 cm³/mol. The monoisotopic (exact) mass is 328 g/mol. The Labute approximate surface area is 126 Å². The lowest BCUT2D eigenvalue weighted by molar-refractivity contribution is 0.246. The third-order valence-corrected chi connectivity index (χ3v) is 3.83. The van der Waals surface area contributed by atoms with Gasteiger partial charge >= 0.3 is 0 Å². The van der Waals surface area contributed by atoms with Crippen molar-refractivity contribution >= 4 is 21.6 Å². The highest BCUT2D eigenvalue weighted by Crippen LogP contribution is 2.28. The number of rotatable bonds is 3. The molecule has 2 aromatic carbocycles. The van der Waals surface area contributed by atoms with Gasteiger partial charge in [0.1, 0.15) is 17.9 Å². The Kier molecular flexibility index (Phi) is 3.62. The van der Waals surface area contributed by atoms with Crippen LogP contribution in [0, 0.1) is 11.3 Å². The lowest BCUT2D eigenvalue weighted by Gasteiger charge is -2.14. The smallest absolute Gasteiger partial charge is 0.123 e. The molecule has 0 radical (unpaired) electrons. The van der Waals surface area contributed by atoms with Crippen LogP contribution in [0.15, 0.2) is 46.9 Å². The first-order valence-corrected chi connectivity index (χ1v) is 7.23. The zero-order chi connectivity index (χ0) is 13.9. The molecule has 0 bridgehead atoms. The van der Waals surface area contributed by atoms with E-state index < -0.39 is 0 Å². The van der Waals surface area contributed by atoms with Gasteiger partial charge in [-0.25, -0.2) is 0 Å². The number of nitriles is 1. The quantitative estimate of drug-likeness (QED) is 0.933. The Bertz CT molecular complexity index is 653. The lowest BCUT2D eigenvalue weighted by Crippen LogP contribution is -2.24. The highest BCUT2D eigenvalue weighted by molar-refractivity contribution is 9.10. The Balaban J connectivity index is 1.66. The number of hydrogen-bond acceptors (Lipinski definition) is 3. The van der Waals surface area contributed by atoms with Gasteiger partial charge in [-0.1, -0.05) is 34.1 Å². The van der Waals surface area contributed by atoms with E-state index in [-0.39, 0.29) is 6.10 Å². The van der Waals surface area contributed by atoms with Crippen molar-refractivity contribution in [3.8, 4) is 11.8 Å². The molecular formula is C16H13BrN2O. The zero-order valence-corrected chi connectivity index (χ0v) is 12.4. The van der Waals surface area contributed by atoms with Gasteiger partial charge in [0, 0.05) is 10.9 Å². The molecule has 4 heteroatoms. The van der Waals surface area contributed by atoms with E-state index in [1.165, 1.54) is 5.56 Å². The van der Waals surface area contributed by atoms with Gasteiger partial charge in [-0.3, -0.25) is 0 Å². The molecule has 3 rings (SSSR count). The van der Waals surface area contributed by atoms with Gasteiger partial charge in [0.25, 0.3) is 0 Å². The number of halogens is 1. The van der Waals surface area contributed by atoms with Crippen LogP contribution < -0.4 is 10.1 Å². The molecular weight excluding hydrogens is 316 g/mol. The highest BCUT2D eigenvalue weighted by Gasteiger charge is 2.22. The molecule has 0 aliphatic carbocycles. The van der Waals surface area contributed by atoms with Crippen molar-refractivity contribution in [2.75, 3.05) is 11.9 Å². The van der Waals surface area contributed by atoms with Gasteiger partial charge in [-0.05, 0) is 29.8 Å². The predicted octanol–water partition coefficient (Wildman–Crippen LogP) is 3.74. The van der Waals surface area contributed by atoms with Crippen LogP contribution in [0.1, 0.15) is 11.1 Å². The van der Waals surface area contributed by atoms with E-state index in [9.17, 15) is 0 Å². The molecule has 2 aromatic rings. The lowest BCUT2D eigenvalue weighted by atomic mass is 10.1. The fourth-order valence-electron chi connectivity index (χ4n) is 2.35. The van der Waals surface area contributed by atoms with Crippen LogP contribution in [0.25, 0.3) is 0 Å². The van der Waals surface area contributed by atoms with Crippen molar-refractivity contribution in [3.63, 3.8) is 0 Å². The third-order valence-electron chi connectivity index (χ3n) is 3.34. The molecule has 1 aliphatic heterocycles. The normalized spacial score (nSPS) is 16.1. The summed E-state index contributed by atoms with van der Waals surface area (Å²) in [6.45, 7) is 0.686. The van der Waals surface area contributed by atoms with Crippen LogP contribution in [-0.4, -0.2) is 12.6 Å². The summed E-state index contributed by atoms with van der Waals surface area (Å²) in [7, 11) is 0. The molecule has 1 heterocycles. The average Bonchev–Trinajstić information content (AvgIpc) is 2.88. The van der Waals surface area contributed by atoms with Gasteiger partial charge in [-0.2, -0.15) is 5.26 Å². The number of para-hydroxylation sites is 1. The van der Waals surface area contributed by atoms with E-state index in [4.69, 9.17) is 10.00 Å². The first-order chi connectivity index (χ1) is 9.76. The van der Waals surface area contributed by atoms with Gasteiger partial charge < -0.3 is 10.1 Å². The molecule has 3 nitrogen and oxygen atoms in total. The van der Waals surface area contributed by atoms with E-state index in [0.717, 1.165) is 22.3 Å². The summed E-state index contributed by atoms with van der Waals surface area (Å²) in [5.41, 5.74) is 2.72. The molecule has 20 heavy (non-hydrogen) atoms. The van der Waals surface area contributed by atoms with E-state index in [0.29, 0.717) is 12.1 Å². The van der Waals surface area contributed by atoms with Crippen molar-refractivity contribution in [1.82, 2.24) is 0 Å². The second-order valence-corrected chi connectivity index (χ2v) is 5.65. The van der Waals surface area contributed by atoms with Crippen molar-refractivity contribution in [2.45, 2.75) is 12.5 Å². The van der Waals surface area contributed by atoms with Crippen molar-refractivity contribution in [2.24, 2.45) is 0 Å². The number of nitrogens with zero attached hydrogens (tertiary/aromatic N) is 1. The number of hydrogen-bond donors (Lipinski definition) is 1. The van der Waals surface area contributed by atoms with E-state index >= 15 is 0 Å². The van der Waals surface area contributed by atoms with Crippen LogP contribution in [0.3, 0.4) is 0 Å². The van der Waals surface area contributed by atoms with Crippen molar-refractivity contribution < 1.29 is 4.74 Å². The molecule has 1 N–H and O–H groups in total. The van der Waals surface area contributed by atoms with Gasteiger partial charge in [0.15, 0.2) is 0 Å². The van der Waals surface area contributed by atoms with Crippen LogP contribution >= 0.6 is 15.9 Å². The van der Waals surface area contributed by atoms with E-state index in [1.54, 1.807) is 0 Å². The maximum absolute atomic E-state index is 9.13. The molecule has 0 saturated heterocycles. The summed E-state index contributed by atoms with van der Waals surface area (Å²) in [6, 6.07) is 15.9. The molecule has 0 amide bonds. The second kappa shape index (κ2) is 5.56. The topological polar surface area (TPSA) is 45.0 Å². The number of anilines is 1. The third kappa shape index (κ3) is 2.63. The summed E-state index contributed by atoms with van der Waals surface area (Å²) in [5, 5.41) is 12.4. The first kappa shape index (κ1) is 13.0. The maximum atomic E-state index is 9.13. The number of benzene rings is 2. The minimum atomic E-state index is 0.114. The standard InChI is InChI=1S/C16H13BrN2O/c17-13-5-6-15(12(7-13)9-18)19-10-14-8-11-3-1-2-4-16(11)20-14/h1-7,14,19H,8,10H2.